The Bertz CT molecular complexity index is 749. The van der Waals surface area contributed by atoms with Crippen molar-refractivity contribution in [3.05, 3.63) is 54.1 Å². The largest absolute Gasteiger partial charge is 0.373 e. The van der Waals surface area contributed by atoms with Gasteiger partial charge in [-0.25, -0.2) is 0 Å². The van der Waals surface area contributed by atoms with E-state index in [-0.39, 0.29) is 11.8 Å². The number of carbonyl (C=O) groups is 2. The monoisotopic (exact) mass is 341 g/mol. The molecule has 1 aliphatic heterocycles. The molecule has 0 bridgehead atoms. The minimum atomic E-state index is -0.135. The number of hydrogen-bond acceptors (Lipinski definition) is 4. The van der Waals surface area contributed by atoms with Crippen molar-refractivity contribution in [1.82, 2.24) is 5.32 Å². The Morgan fingerprint density at radius 1 is 1.25 bits per heavy atom. The number of rotatable bonds is 5. The molecule has 124 valence electrons. The van der Waals surface area contributed by atoms with Gasteiger partial charge in [0.15, 0.2) is 0 Å². The number of anilines is 2. The Balaban J connectivity index is 1.56. The van der Waals surface area contributed by atoms with Crippen LogP contribution in [0.2, 0.25) is 0 Å². The van der Waals surface area contributed by atoms with Gasteiger partial charge in [-0.15, -0.1) is 11.8 Å². The summed E-state index contributed by atoms with van der Waals surface area (Å²) >= 11 is 1.49. The number of hydrogen-bond donors (Lipinski definition) is 2. The van der Waals surface area contributed by atoms with E-state index in [1.54, 1.807) is 12.1 Å². The zero-order valence-corrected chi connectivity index (χ0v) is 14.2. The summed E-state index contributed by atoms with van der Waals surface area (Å²) in [5.41, 5.74) is 2.38. The average Bonchev–Trinajstić information content (AvgIpc) is 2.61. The molecular weight excluding hydrogens is 322 g/mol. The van der Waals surface area contributed by atoms with Gasteiger partial charge >= 0.3 is 0 Å². The van der Waals surface area contributed by atoms with E-state index in [1.165, 1.54) is 11.8 Å². The summed E-state index contributed by atoms with van der Waals surface area (Å²) in [7, 11) is 1.99. The Labute approximate surface area is 145 Å². The van der Waals surface area contributed by atoms with E-state index < -0.39 is 0 Å². The number of carbonyl (C=O) groups excluding carboxylic acids is 2. The van der Waals surface area contributed by atoms with Gasteiger partial charge in [-0.05, 0) is 30.3 Å². The SMILES string of the molecule is CN(CCNC(=O)c1ccc2c(c1)NC(=O)CS2)c1ccccc1. The summed E-state index contributed by atoms with van der Waals surface area (Å²) in [6.45, 7) is 1.26. The Morgan fingerprint density at radius 2 is 2.04 bits per heavy atom. The van der Waals surface area contributed by atoms with Crippen molar-refractivity contribution in [2.24, 2.45) is 0 Å². The smallest absolute Gasteiger partial charge is 0.251 e. The van der Waals surface area contributed by atoms with Crippen molar-refractivity contribution in [2.45, 2.75) is 4.90 Å². The van der Waals surface area contributed by atoms with Gasteiger partial charge in [-0.2, -0.15) is 0 Å². The van der Waals surface area contributed by atoms with Gasteiger partial charge < -0.3 is 15.5 Å². The van der Waals surface area contributed by atoms with Crippen LogP contribution in [0.3, 0.4) is 0 Å². The highest BCUT2D eigenvalue weighted by atomic mass is 32.2. The summed E-state index contributed by atoms with van der Waals surface area (Å²) < 4.78 is 0. The topological polar surface area (TPSA) is 61.4 Å². The van der Waals surface area contributed by atoms with Gasteiger partial charge in [0.05, 0.1) is 11.4 Å². The maximum absolute atomic E-state index is 12.3. The van der Waals surface area contributed by atoms with Crippen LogP contribution in [0, 0.1) is 0 Å². The molecule has 6 heteroatoms. The van der Waals surface area contributed by atoms with E-state index in [1.807, 2.05) is 43.4 Å². The molecule has 0 aliphatic carbocycles. The van der Waals surface area contributed by atoms with E-state index in [2.05, 4.69) is 15.5 Å². The van der Waals surface area contributed by atoms with Crippen LogP contribution in [-0.4, -0.2) is 37.7 Å². The third kappa shape index (κ3) is 3.89. The average molecular weight is 341 g/mol. The Kier molecular flexibility index (Phi) is 5.05. The molecule has 2 aromatic rings. The highest BCUT2D eigenvalue weighted by molar-refractivity contribution is 8.00. The summed E-state index contributed by atoms with van der Waals surface area (Å²) in [5.74, 6) is 0.253. The molecule has 0 saturated carbocycles. The maximum Gasteiger partial charge on any atom is 0.251 e. The van der Waals surface area contributed by atoms with Gasteiger partial charge in [0.1, 0.15) is 0 Å². The molecule has 0 aromatic heterocycles. The third-order valence-electron chi connectivity index (χ3n) is 3.80. The normalized spacial score (nSPS) is 13.0. The molecule has 0 saturated heterocycles. The van der Waals surface area contributed by atoms with Crippen molar-refractivity contribution in [2.75, 3.05) is 36.1 Å². The number of para-hydroxylation sites is 1. The van der Waals surface area contributed by atoms with Crippen LogP contribution in [0.5, 0.6) is 0 Å². The number of likely N-dealkylation sites (N-methyl/N-ethyl adjacent to an activating group) is 1. The molecule has 0 fully saturated rings. The lowest BCUT2D eigenvalue weighted by molar-refractivity contribution is -0.113. The molecule has 1 heterocycles. The van der Waals surface area contributed by atoms with E-state index >= 15 is 0 Å². The van der Waals surface area contributed by atoms with Crippen LogP contribution < -0.4 is 15.5 Å². The molecule has 5 nitrogen and oxygen atoms in total. The zero-order chi connectivity index (χ0) is 16.9. The summed E-state index contributed by atoms with van der Waals surface area (Å²) in [5, 5.41) is 5.72. The van der Waals surface area contributed by atoms with Gasteiger partial charge in [0.25, 0.3) is 5.91 Å². The van der Waals surface area contributed by atoms with Gasteiger partial charge in [-0.3, -0.25) is 9.59 Å². The van der Waals surface area contributed by atoms with Crippen LogP contribution in [-0.2, 0) is 4.79 Å². The summed E-state index contributed by atoms with van der Waals surface area (Å²) in [6.07, 6.45) is 0. The fraction of sp³-hybridized carbons (Fsp3) is 0.222. The standard InChI is InChI=1S/C18H19N3O2S/c1-21(14-5-3-2-4-6-14)10-9-19-18(23)13-7-8-16-15(11-13)20-17(22)12-24-16/h2-8,11H,9-10,12H2,1H3,(H,19,23)(H,20,22). The maximum atomic E-state index is 12.3. The van der Waals surface area contributed by atoms with Crippen molar-refractivity contribution in [3.63, 3.8) is 0 Å². The summed E-state index contributed by atoms with van der Waals surface area (Å²) in [4.78, 5) is 26.8. The number of nitrogens with one attached hydrogen (secondary N) is 2. The van der Waals surface area contributed by atoms with Crippen LogP contribution in [0.4, 0.5) is 11.4 Å². The molecule has 2 aromatic carbocycles. The quantitative estimate of drug-likeness (QED) is 0.878. The lowest BCUT2D eigenvalue weighted by atomic mass is 10.2. The first kappa shape index (κ1) is 16.4. The van der Waals surface area contributed by atoms with Crippen LogP contribution in [0.25, 0.3) is 0 Å². The molecule has 0 spiro atoms. The van der Waals surface area contributed by atoms with Crippen molar-refractivity contribution in [1.29, 1.82) is 0 Å². The Hall–Kier alpha value is -2.47. The molecule has 0 unspecified atom stereocenters. The molecule has 2 N–H and O–H groups in total. The van der Waals surface area contributed by atoms with Gasteiger partial charge in [-0.1, -0.05) is 18.2 Å². The minimum Gasteiger partial charge on any atom is -0.373 e. The fourth-order valence-corrected chi connectivity index (χ4v) is 3.26. The second-order valence-corrected chi connectivity index (χ2v) is 6.58. The second kappa shape index (κ2) is 7.40. The molecule has 0 radical (unpaired) electrons. The molecule has 0 atom stereocenters. The van der Waals surface area contributed by atoms with Crippen LogP contribution in [0.15, 0.2) is 53.4 Å². The highest BCUT2D eigenvalue weighted by Gasteiger charge is 2.17. The van der Waals surface area contributed by atoms with Crippen LogP contribution >= 0.6 is 11.8 Å². The molecule has 3 rings (SSSR count). The third-order valence-corrected chi connectivity index (χ3v) is 4.88. The second-order valence-electron chi connectivity index (χ2n) is 5.56. The predicted molar refractivity (Wildman–Crippen MR) is 97.8 cm³/mol. The number of fused-ring (bicyclic) bond motifs is 1. The van der Waals surface area contributed by atoms with Crippen LogP contribution in [0.1, 0.15) is 10.4 Å². The van der Waals surface area contributed by atoms with E-state index in [0.717, 1.165) is 10.6 Å². The molecule has 2 amide bonds. The van der Waals surface area contributed by atoms with Crippen molar-refractivity contribution < 1.29 is 9.59 Å². The van der Waals surface area contributed by atoms with E-state index in [0.29, 0.717) is 30.1 Å². The Morgan fingerprint density at radius 3 is 2.83 bits per heavy atom. The van der Waals surface area contributed by atoms with E-state index in [4.69, 9.17) is 0 Å². The molecular formula is C18H19N3O2S. The lowest BCUT2D eigenvalue weighted by Gasteiger charge is -2.20. The fourth-order valence-electron chi connectivity index (χ4n) is 2.48. The highest BCUT2D eigenvalue weighted by Crippen LogP contribution is 2.31. The predicted octanol–water partition coefficient (Wildman–Crippen LogP) is 2.60. The lowest BCUT2D eigenvalue weighted by Crippen LogP contribution is -2.33. The first-order chi connectivity index (χ1) is 11.6. The van der Waals surface area contributed by atoms with Crippen molar-refractivity contribution >= 4 is 35.0 Å². The van der Waals surface area contributed by atoms with E-state index in [9.17, 15) is 9.59 Å². The summed E-state index contributed by atoms with van der Waals surface area (Å²) in [6, 6.07) is 15.4. The minimum absolute atomic E-state index is 0.0328. The van der Waals surface area contributed by atoms with Crippen molar-refractivity contribution in [3.8, 4) is 0 Å². The zero-order valence-electron chi connectivity index (χ0n) is 13.4. The number of amides is 2. The molecule has 1 aliphatic rings. The first-order valence-corrected chi connectivity index (χ1v) is 8.73. The number of benzene rings is 2. The van der Waals surface area contributed by atoms with Gasteiger partial charge in [0.2, 0.25) is 5.91 Å². The van der Waals surface area contributed by atoms with Gasteiger partial charge in [0, 0.05) is 36.3 Å². The first-order valence-electron chi connectivity index (χ1n) is 7.74. The number of thioether (sulfide) groups is 1. The molecule has 24 heavy (non-hydrogen) atoms. The number of nitrogens with zero attached hydrogens (tertiary/aromatic N) is 1.